The molecule has 120 valence electrons. The van der Waals surface area contributed by atoms with Crippen molar-refractivity contribution < 1.29 is 8.42 Å². The lowest BCUT2D eigenvalue weighted by molar-refractivity contribution is 0.457. The lowest BCUT2D eigenvalue weighted by Gasteiger charge is -2.16. The molecular weight excluding hydrogens is 310 g/mol. The van der Waals surface area contributed by atoms with Crippen LogP contribution >= 0.6 is 11.6 Å². The van der Waals surface area contributed by atoms with Crippen molar-refractivity contribution in [3.8, 4) is 0 Å². The van der Waals surface area contributed by atoms with E-state index in [1.165, 1.54) is 0 Å². The van der Waals surface area contributed by atoms with E-state index in [4.69, 9.17) is 17.3 Å². The molecule has 2 N–H and O–H groups in total. The molecule has 2 heterocycles. The van der Waals surface area contributed by atoms with Crippen molar-refractivity contribution in [2.24, 2.45) is 11.7 Å². The first-order valence-corrected chi connectivity index (χ1v) is 9.76. The fourth-order valence-corrected chi connectivity index (χ4v) is 5.26. The van der Waals surface area contributed by atoms with Crippen molar-refractivity contribution in [3.05, 3.63) is 16.4 Å². The molecule has 0 aliphatic carbocycles. The largest absolute Gasteiger partial charge is 0.327 e. The van der Waals surface area contributed by atoms with E-state index in [0.717, 1.165) is 37.2 Å². The molecule has 0 radical (unpaired) electrons. The SMILES string of the molecule is CCc1nn(CC)c(CC(N)CC2CCS(=O)(=O)C2)c1Cl. The van der Waals surface area contributed by atoms with Crippen LogP contribution in [0.4, 0.5) is 0 Å². The van der Waals surface area contributed by atoms with Gasteiger partial charge in [-0.1, -0.05) is 18.5 Å². The van der Waals surface area contributed by atoms with Gasteiger partial charge in [-0.3, -0.25) is 4.68 Å². The van der Waals surface area contributed by atoms with Gasteiger partial charge in [0.2, 0.25) is 0 Å². The van der Waals surface area contributed by atoms with Crippen LogP contribution in [0.3, 0.4) is 0 Å². The van der Waals surface area contributed by atoms with Crippen LogP contribution in [0.15, 0.2) is 0 Å². The number of rotatable bonds is 6. The highest BCUT2D eigenvalue weighted by Gasteiger charge is 2.29. The summed E-state index contributed by atoms with van der Waals surface area (Å²) in [5.41, 5.74) is 8.11. The molecule has 1 saturated heterocycles. The number of nitrogens with zero attached hydrogens (tertiary/aromatic N) is 2. The standard InChI is InChI=1S/C14H24ClN3O2S/c1-3-12-14(15)13(18(4-2)17-12)8-11(16)7-10-5-6-21(19,20)9-10/h10-11H,3-9,16H2,1-2H3. The molecule has 21 heavy (non-hydrogen) atoms. The van der Waals surface area contributed by atoms with E-state index in [1.54, 1.807) is 0 Å². The van der Waals surface area contributed by atoms with Crippen LogP contribution in [0.2, 0.25) is 5.02 Å². The van der Waals surface area contributed by atoms with Crippen molar-refractivity contribution in [2.75, 3.05) is 11.5 Å². The summed E-state index contributed by atoms with van der Waals surface area (Å²) in [5.74, 6) is 0.770. The number of hydrogen-bond donors (Lipinski definition) is 1. The molecule has 0 amide bonds. The number of aryl methyl sites for hydroxylation is 2. The summed E-state index contributed by atoms with van der Waals surface area (Å²) in [6, 6.07) is -0.0764. The predicted molar refractivity (Wildman–Crippen MR) is 85.3 cm³/mol. The average molecular weight is 334 g/mol. The topological polar surface area (TPSA) is 78.0 Å². The van der Waals surface area contributed by atoms with Gasteiger partial charge in [0.15, 0.2) is 9.84 Å². The molecule has 1 fully saturated rings. The van der Waals surface area contributed by atoms with Crippen molar-refractivity contribution >= 4 is 21.4 Å². The molecule has 1 aromatic heterocycles. The fourth-order valence-electron chi connectivity index (χ4n) is 3.03. The number of nitrogens with two attached hydrogens (primary N) is 1. The fraction of sp³-hybridized carbons (Fsp3) is 0.786. The van der Waals surface area contributed by atoms with E-state index < -0.39 is 9.84 Å². The molecule has 1 aliphatic heterocycles. The van der Waals surface area contributed by atoms with Gasteiger partial charge in [-0.25, -0.2) is 8.42 Å². The second kappa shape index (κ2) is 6.67. The lowest BCUT2D eigenvalue weighted by Crippen LogP contribution is -2.28. The van der Waals surface area contributed by atoms with Gasteiger partial charge in [0.1, 0.15) is 0 Å². The van der Waals surface area contributed by atoms with Gasteiger partial charge in [-0.2, -0.15) is 5.10 Å². The van der Waals surface area contributed by atoms with Crippen LogP contribution in [0.25, 0.3) is 0 Å². The van der Waals surface area contributed by atoms with E-state index >= 15 is 0 Å². The van der Waals surface area contributed by atoms with E-state index in [-0.39, 0.29) is 17.7 Å². The zero-order valence-electron chi connectivity index (χ0n) is 12.7. The minimum atomic E-state index is -2.83. The van der Waals surface area contributed by atoms with Crippen molar-refractivity contribution in [1.29, 1.82) is 0 Å². The molecule has 2 atom stereocenters. The first kappa shape index (κ1) is 16.8. The Kier molecular flexibility index (Phi) is 5.33. The van der Waals surface area contributed by atoms with Crippen LogP contribution in [0, 0.1) is 5.92 Å². The van der Waals surface area contributed by atoms with Crippen molar-refractivity contribution in [2.45, 2.75) is 52.1 Å². The highest BCUT2D eigenvalue weighted by Crippen LogP contribution is 2.26. The molecule has 2 rings (SSSR count). The number of halogens is 1. The Balaban J connectivity index is 2.03. The second-order valence-electron chi connectivity index (χ2n) is 5.85. The predicted octanol–water partition coefficient (Wildman–Crippen LogP) is 1.81. The summed E-state index contributed by atoms with van der Waals surface area (Å²) in [7, 11) is -2.83. The van der Waals surface area contributed by atoms with Crippen molar-refractivity contribution in [1.82, 2.24) is 9.78 Å². The lowest BCUT2D eigenvalue weighted by atomic mass is 9.97. The molecule has 0 saturated carbocycles. The third-order valence-electron chi connectivity index (χ3n) is 4.11. The molecular formula is C14H24ClN3O2S. The van der Waals surface area contributed by atoms with Gasteiger partial charge < -0.3 is 5.73 Å². The second-order valence-corrected chi connectivity index (χ2v) is 8.45. The Labute approximate surface area is 131 Å². The van der Waals surface area contributed by atoms with Gasteiger partial charge in [-0.15, -0.1) is 0 Å². The minimum Gasteiger partial charge on any atom is -0.327 e. The monoisotopic (exact) mass is 333 g/mol. The molecule has 1 aromatic rings. The maximum Gasteiger partial charge on any atom is 0.150 e. The maximum absolute atomic E-state index is 11.5. The first-order valence-electron chi connectivity index (χ1n) is 7.56. The number of hydrogen-bond acceptors (Lipinski definition) is 4. The van der Waals surface area contributed by atoms with Crippen LogP contribution in [0.5, 0.6) is 0 Å². The Morgan fingerprint density at radius 1 is 1.48 bits per heavy atom. The Morgan fingerprint density at radius 3 is 2.71 bits per heavy atom. The van der Waals surface area contributed by atoms with Gasteiger partial charge in [0, 0.05) is 19.0 Å². The Bertz CT molecular complexity index is 598. The summed E-state index contributed by atoms with van der Waals surface area (Å²) in [5, 5.41) is 5.20. The van der Waals surface area contributed by atoms with Gasteiger partial charge in [0.25, 0.3) is 0 Å². The number of aromatic nitrogens is 2. The zero-order chi connectivity index (χ0) is 15.6. The van der Waals surface area contributed by atoms with Crippen LogP contribution in [0.1, 0.15) is 38.1 Å². The molecule has 0 bridgehead atoms. The van der Waals surface area contributed by atoms with Gasteiger partial charge in [0.05, 0.1) is 27.9 Å². The van der Waals surface area contributed by atoms with Crippen LogP contribution < -0.4 is 5.73 Å². The molecule has 7 heteroatoms. The summed E-state index contributed by atoms with van der Waals surface area (Å²) < 4.78 is 24.9. The zero-order valence-corrected chi connectivity index (χ0v) is 14.3. The Hall–Kier alpha value is -0.590. The van der Waals surface area contributed by atoms with Crippen molar-refractivity contribution in [3.63, 3.8) is 0 Å². The van der Waals surface area contributed by atoms with Gasteiger partial charge in [-0.05, 0) is 32.1 Å². The average Bonchev–Trinajstić information content (AvgIpc) is 2.90. The molecule has 0 aromatic carbocycles. The quantitative estimate of drug-likeness (QED) is 0.861. The first-order chi connectivity index (χ1) is 9.86. The normalized spacial score (nSPS) is 22.6. The molecule has 1 aliphatic rings. The van der Waals surface area contributed by atoms with Crippen LogP contribution in [-0.4, -0.2) is 35.7 Å². The molecule has 2 unspecified atom stereocenters. The smallest absolute Gasteiger partial charge is 0.150 e. The summed E-state index contributed by atoms with van der Waals surface area (Å²) in [6.07, 6.45) is 2.91. The van der Waals surface area contributed by atoms with Crippen LogP contribution in [-0.2, 0) is 29.2 Å². The molecule has 0 spiro atoms. The Morgan fingerprint density at radius 2 is 2.19 bits per heavy atom. The van der Waals surface area contributed by atoms with Gasteiger partial charge >= 0.3 is 0 Å². The van der Waals surface area contributed by atoms with E-state index in [1.807, 2.05) is 18.5 Å². The maximum atomic E-state index is 11.5. The summed E-state index contributed by atoms with van der Waals surface area (Å²) in [4.78, 5) is 0. The molecule has 5 nitrogen and oxygen atoms in total. The minimum absolute atomic E-state index is 0.0764. The summed E-state index contributed by atoms with van der Waals surface area (Å²) in [6.45, 7) is 4.82. The number of sulfone groups is 1. The van der Waals surface area contributed by atoms with E-state index in [0.29, 0.717) is 17.2 Å². The highest BCUT2D eigenvalue weighted by atomic mass is 35.5. The third-order valence-corrected chi connectivity index (χ3v) is 6.39. The highest BCUT2D eigenvalue weighted by molar-refractivity contribution is 7.91. The van der Waals surface area contributed by atoms with E-state index in [9.17, 15) is 8.42 Å². The third kappa shape index (κ3) is 3.99. The summed E-state index contributed by atoms with van der Waals surface area (Å²) >= 11 is 6.38. The van der Waals surface area contributed by atoms with E-state index in [2.05, 4.69) is 5.10 Å².